The summed E-state index contributed by atoms with van der Waals surface area (Å²) in [6, 6.07) is 7.47. The van der Waals surface area contributed by atoms with Gasteiger partial charge in [-0.05, 0) is 36.1 Å². The van der Waals surface area contributed by atoms with E-state index in [2.05, 4.69) is 15.7 Å². The molecule has 0 bridgehead atoms. The molecule has 2 aromatic heterocycles. The Morgan fingerprint density at radius 2 is 2.16 bits per heavy atom. The number of carbonyl (C=O) groups excluding carboxylic acids is 1. The molecule has 11 heteroatoms. The maximum Gasteiger partial charge on any atom is 0.410 e. The summed E-state index contributed by atoms with van der Waals surface area (Å²) in [7, 11) is 0. The molecule has 6 nitrogen and oxygen atoms in total. The van der Waals surface area contributed by atoms with Gasteiger partial charge in [0.2, 0.25) is 0 Å². The molecule has 0 radical (unpaired) electrons. The molecule has 1 unspecified atom stereocenters. The summed E-state index contributed by atoms with van der Waals surface area (Å²) in [6.07, 6.45) is -5.58. The normalized spacial score (nSPS) is 19.4. The van der Waals surface area contributed by atoms with Crippen molar-refractivity contribution in [3.63, 3.8) is 0 Å². The van der Waals surface area contributed by atoms with Crippen LogP contribution in [0.3, 0.4) is 0 Å². The van der Waals surface area contributed by atoms with Gasteiger partial charge >= 0.3 is 6.18 Å². The Labute approximate surface area is 184 Å². The van der Waals surface area contributed by atoms with E-state index < -0.39 is 30.3 Å². The van der Waals surface area contributed by atoms with Gasteiger partial charge < -0.3 is 15.7 Å². The largest absolute Gasteiger partial charge is 0.410 e. The third kappa shape index (κ3) is 4.28. The monoisotopic (exact) mass is 470 g/mol. The van der Waals surface area contributed by atoms with Crippen molar-refractivity contribution in [2.24, 2.45) is 0 Å². The zero-order valence-corrected chi connectivity index (χ0v) is 17.7. The van der Waals surface area contributed by atoms with Gasteiger partial charge in [-0.25, -0.2) is 4.68 Å². The van der Waals surface area contributed by atoms with Crippen molar-refractivity contribution in [2.75, 3.05) is 10.6 Å². The predicted octanol–water partition coefficient (Wildman–Crippen LogP) is 5.56. The number of thiophene rings is 1. The van der Waals surface area contributed by atoms with Crippen molar-refractivity contribution in [3.8, 4) is 0 Å². The van der Waals surface area contributed by atoms with Gasteiger partial charge in [-0.1, -0.05) is 29.8 Å². The summed E-state index contributed by atoms with van der Waals surface area (Å²) in [6.45, 7) is 1.58. The van der Waals surface area contributed by atoms with Gasteiger partial charge in [0, 0.05) is 17.0 Å². The topological polar surface area (TPSA) is 79.2 Å². The van der Waals surface area contributed by atoms with Gasteiger partial charge in [-0.2, -0.15) is 18.3 Å². The standard InChI is InChI=1S/C20H18ClF3N4O2S/c1-10(29)11-4-2-5-12(8-11)25-19(30)17-16(21)18-26-13(14-6-3-7-31-14)9-15(20(22,23)24)28(18)27-17/h2-8,10,13,15,26,29H,9H2,1H3,(H,25,30)/t10?,13-,15+/m1/s1. The van der Waals surface area contributed by atoms with E-state index in [1.807, 2.05) is 0 Å². The van der Waals surface area contributed by atoms with Crippen LogP contribution in [0.2, 0.25) is 5.02 Å². The number of hydrogen-bond donors (Lipinski definition) is 3. The quantitative estimate of drug-likeness (QED) is 0.466. The molecule has 0 spiro atoms. The minimum absolute atomic E-state index is 0.0449. The van der Waals surface area contributed by atoms with Crippen molar-refractivity contribution in [3.05, 3.63) is 62.9 Å². The molecule has 4 rings (SSSR count). The van der Waals surface area contributed by atoms with Crippen LogP contribution in [0.15, 0.2) is 41.8 Å². The van der Waals surface area contributed by atoms with E-state index in [4.69, 9.17) is 11.6 Å². The molecule has 164 valence electrons. The van der Waals surface area contributed by atoms with Gasteiger partial charge in [-0.15, -0.1) is 11.3 Å². The first-order chi connectivity index (χ1) is 14.6. The van der Waals surface area contributed by atoms with Crippen LogP contribution in [-0.2, 0) is 0 Å². The molecule has 0 saturated heterocycles. The highest BCUT2D eigenvalue weighted by molar-refractivity contribution is 7.10. The van der Waals surface area contributed by atoms with Gasteiger partial charge in [-0.3, -0.25) is 4.79 Å². The van der Waals surface area contributed by atoms with Crippen LogP contribution in [0.4, 0.5) is 24.7 Å². The minimum Gasteiger partial charge on any atom is -0.389 e. The molecule has 0 aliphatic carbocycles. The molecule has 1 amide bonds. The van der Waals surface area contributed by atoms with Crippen molar-refractivity contribution in [2.45, 2.75) is 37.7 Å². The molecule has 31 heavy (non-hydrogen) atoms. The number of aliphatic hydroxyl groups excluding tert-OH is 1. The fourth-order valence-corrected chi connectivity index (χ4v) is 4.53. The molecule has 3 N–H and O–H groups in total. The fourth-order valence-electron chi connectivity index (χ4n) is 3.48. The molecule has 0 fully saturated rings. The molecule has 1 aromatic carbocycles. The third-order valence-corrected chi connectivity index (χ3v) is 6.37. The van der Waals surface area contributed by atoms with Crippen molar-refractivity contribution in [1.82, 2.24) is 9.78 Å². The highest BCUT2D eigenvalue weighted by Gasteiger charge is 2.48. The van der Waals surface area contributed by atoms with Gasteiger partial charge in [0.05, 0.1) is 12.1 Å². The summed E-state index contributed by atoms with van der Waals surface area (Å²) in [5.74, 6) is -0.790. The summed E-state index contributed by atoms with van der Waals surface area (Å²) in [4.78, 5) is 13.5. The number of rotatable bonds is 4. The van der Waals surface area contributed by atoms with Crippen LogP contribution in [0.5, 0.6) is 0 Å². The number of anilines is 2. The number of benzene rings is 1. The number of hydrogen-bond acceptors (Lipinski definition) is 5. The molecular weight excluding hydrogens is 453 g/mol. The number of fused-ring (bicyclic) bond motifs is 1. The molecular formula is C20H18ClF3N4O2S. The van der Waals surface area contributed by atoms with Crippen LogP contribution >= 0.6 is 22.9 Å². The van der Waals surface area contributed by atoms with Crippen molar-refractivity contribution >= 4 is 40.4 Å². The first kappa shape index (κ1) is 21.7. The smallest absolute Gasteiger partial charge is 0.389 e. The number of alkyl halides is 3. The second kappa shape index (κ2) is 8.18. The number of aliphatic hydroxyl groups is 1. The molecule has 3 atom stereocenters. The lowest BCUT2D eigenvalue weighted by Gasteiger charge is -2.32. The lowest BCUT2D eigenvalue weighted by Crippen LogP contribution is -2.35. The number of carbonyl (C=O) groups is 1. The SMILES string of the molecule is CC(O)c1cccc(NC(=O)c2nn3c(c2Cl)N[C@@H](c2cccs2)C[C@H]3C(F)(F)F)c1. The average Bonchev–Trinajstić information content (AvgIpc) is 3.35. The number of amides is 1. The molecule has 1 aliphatic rings. The van der Waals surface area contributed by atoms with E-state index in [1.165, 1.54) is 11.3 Å². The van der Waals surface area contributed by atoms with Crippen LogP contribution in [0, 0.1) is 0 Å². The summed E-state index contributed by atoms with van der Waals surface area (Å²) < 4.78 is 42.1. The van der Waals surface area contributed by atoms with E-state index in [1.54, 1.807) is 48.7 Å². The lowest BCUT2D eigenvalue weighted by molar-refractivity contribution is -0.173. The van der Waals surface area contributed by atoms with Crippen molar-refractivity contribution in [1.29, 1.82) is 0 Å². The lowest BCUT2D eigenvalue weighted by atomic mass is 10.0. The first-order valence-corrected chi connectivity index (χ1v) is 10.6. The molecule has 3 heterocycles. The maximum absolute atomic E-state index is 13.8. The van der Waals surface area contributed by atoms with E-state index in [9.17, 15) is 23.1 Å². The number of nitrogens with one attached hydrogen (secondary N) is 2. The summed E-state index contributed by atoms with van der Waals surface area (Å²) in [5.41, 5.74) is 0.626. The Morgan fingerprint density at radius 3 is 2.81 bits per heavy atom. The van der Waals surface area contributed by atoms with Crippen LogP contribution in [0.1, 0.15) is 52.5 Å². The number of aromatic nitrogens is 2. The van der Waals surface area contributed by atoms with Crippen LogP contribution < -0.4 is 10.6 Å². The number of nitrogens with zero attached hydrogens (tertiary/aromatic N) is 2. The highest BCUT2D eigenvalue weighted by atomic mass is 35.5. The maximum atomic E-state index is 13.8. The average molecular weight is 471 g/mol. The van der Waals surface area contributed by atoms with Crippen molar-refractivity contribution < 1.29 is 23.1 Å². The molecule has 3 aromatic rings. The van der Waals surface area contributed by atoms with Gasteiger partial charge in [0.1, 0.15) is 10.8 Å². The Morgan fingerprint density at radius 1 is 1.39 bits per heavy atom. The molecule has 0 saturated carbocycles. The summed E-state index contributed by atoms with van der Waals surface area (Å²) >= 11 is 7.66. The Bertz CT molecular complexity index is 1100. The second-order valence-electron chi connectivity index (χ2n) is 7.22. The van der Waals surface area contributed by atoms with Gasteiger partial charge in [0.25, 0.3) is 5.91 Å². The minimum atomic E-state index is -4.57. The van der Waals surface area contributed by atoms with E-state index in [0.717, 1.165) is 9.56 Å². The van der Waals surface area contributed by atoms with E-state index in [0.29, 0.717) is 11.3 Å². The summed E-state index contributed by atoms with van der Waals surface area (Å²) in [5, 5.41) is 20.8. The fraction of sp³-hybridized carbons (Fsp3) is 0.300. The van der Waals surface area contributed by atoms with Gasteiger partial charge in [0.15, 0.2) is 11.7 Å². The Balaban J connectivity index is 1.67. The molecule has 1 aliphatic heterocycles. The zero-order valence-electron chi connectivity index (χ0n) is 16.2. The van der Waals surface area contributed by atoms with Crippen LogP contribution in [-0.4, -0.2) is 27.0 Å². The Kier molecular flexibility index (Phi) is 5.71. The van der Waals surface area contributed by atoms with Crippen LogP contribution in [0.25, 0.3) is 0 Å². The second-order valence-corrected chi connectivity index (χ2v) is 8.57. The van der Waals surface area contributed by atoms with E-state index >= 15 is 0 Å². The third-order valence-electron chi connectivity index (χ3n) is 5.02. The van der Waals surface area contributed by atoms with E-state index in [-0.39, 0.29) is 23.0 Å². The highest BCUT2D eigenvalue weighted by Crippen LogP contribution is 2.46. The first-order valence-electron chi connectivity index (χ1n) is 9.39. The Hall–Kier alpha value is -2.56. The zero-order chi connectivity index (χ0) is 22.3. The number of halogens is 4. The predicted molar refractivity (Wildman–Crippen MR) is 113 cm³/mol.